The van der Waals surface area contributed by atoms with E-state index in [1.165, 1.54) is 6.07 Å². The number of benzene rings is 1. The number of amides is 1. The Bertz CT molecular complexity index is 489. The van der Waals surface area contributed by atoms with Gasteiger partial charge in [-0.3, -0.25) is 4.79 Å². The van der Waals surface area contributed by atoms with Crippen molar-refractivity contribution in [2.45, 2.75) is 25.8 Å². The fraction of sp³-hybridized carbons (Fsp3) is 0.471. The minimum Gasteiger partial charge on any atom is -0.335 e. The van der Waals surface area contributed by atoms with Gasteiger partial charge in [-0.05, 0) is 37.9 Å². The van der Waals surface area contributed by atoms with Crippen molar-refractivity contribution in [2.24, 2.45) is 5.92 Å². The molecule has 0 aliphatic carbocycles. The van der Waals surface area contributed by atoms with Crippen molar-refractivity contribution in [3.63, 3.8) is 0 Å². The van der Waals surface area contributed by atoms with Gasteiger partial charge in [-0.2, -0.15) is 0 Å². The number of nitrogens with one attached hydrogen (secondary N) is 1. The molecule has 5 heteroatoms. The van der Waals surface area contributed by atoms with Crippen molar-refractivity contribution in [3.05, 3.63) is 48.3 Å². The Hall–Kier alpha value is -1.39. The molecule has 0 spiro atoms. The fourth-order valence-electron chi connectivity index (χ4n) is 2.69. The Morgan fingerprint density at radius 2 is 2.23 bits per heavy atom. The van der Waals surface area contributed by atoms with Crippen LogP contribution < -0.4 is 5.32 Å². The van der Waals surface area contributed by atoms with Crippen LogP contribution in [-0.2, 0) is 11.3 Å². The zero-order valence-corrected chi connectivity index (χ0v) is 13.6. The van der Waals surface area contributed by atoms with Crippen molar-refractivity contribution in [2.75, 3.05) is 19.6 Å². The summed E-state index contributed by atoms with van der Waals surface area (Å²) >= 11 is 0. The summed E-state index contributed by atoms with van der Waals surface area (Å²) in [4.78, 5) is 14.0. The highest BCUT2D eigenvalue weighted by molar-refractivity contribution is 5.85. The van der Waals surface area contributed by atoms with Crippen LogP contribution in [-0.4, -0.2) is 30.4 Å². The molecule has 1 aromatic carbocycles. The molecule has 1 fully saturated rings. The molecule has 0 bridgehead atoms. The van der Waals surface area contributed by atoms with Gasteiger partial charge < -0.3 is 10.2 Å². The minimum atomic E-state index is -0.264. The molecule has 1 aliphatic rings. The predicted octanol–water partition coefficient (Wildman–Crippen LogP) is 3.15. The monoisotopic (exact) mass is 326 g/mol. The zero-order valence-electron chi connectivity index (χ0n) is 12.8. The Labute approximate surface area is 138 Å². The molecule has 122 valence electrons. The molecule has 0 saturated carbocycles. The Morgan fingerprint density at radius 1 is 1.45 bits per heavy atom. The normalized spacial score (nSPS) is 16.9. The summed E-state index contributed by atoms with van der Waals surface area (Å²) in [7, 11) is 0. The molecule has 1 aliphatic heterocycles. The number of hydrogen-bond acceptors (Lipinski definition) is 2. The maximum absolute atomic E-state index is 13.7. The minimum absolute atomic E-state index is 0. The number of halogens is 2. The van der Waals surface area contributed by atoms with E-state index < -0.39 is 0 Å². The van der Waals surface area contributed by atoms with E-state index >= 15 is 0 Å². The van der Waals surface area contributed by atoms with E-state index in [0.29, 0.717) is 31.0 Å². The van der Waals surface area contributed by atoms with Crippen molar-refractivity contribution in [3.8, 4) is 0 Å². The third-order valence-electron chi connectivity index (χ3n) is 3.95. The SMILES string of the molecule is C=CCN(Cc1ccccc1F)C(=O)CCC1CCNC1.Cl. The first-order chi connectivity index (χ1) is 10.2. The van der Waals surface area contributed by atoms with Gasteiger partial charge in [-0.1, -0.05) is 24.3 Å². The summed E-state index contributed by atoms with van der Waals surface area (Å²) in [5.74, 6) is 0.400. The summed E-state index contributed by atoms with van der Waals surface area (Å²) < 4.78 is 13.7. The molecule has 3 nitrogen and oxygen atoms in total. The van der Waals surface area contributed by atoms with Crippen molar-refractivity contribution in [1.82, 2.24) is 10.2 Å². The van der Waals surface area contributed by atoms with Gasteiger partial charge in [0.05, 0.1) is 0 Å². The van der Waals surface area contributed by atoms with Crippen LogP contribution in [0.5, 0.6) is 0 Å². The van der Waals surface area contributed by atoms with Gasteiger partial charge in [-0.15, -0.1) is 19.0 Å². The molecule has 22 heavy (non-hydrogen) atoms. The van der Waals surface area contributed by atoms with Gasteiger partial charge in [-0.25, -0.2) is 4.39 Å². The van der Waals surface area contributed by atoms with E-state index in [9.17, 15) is 9.18 Å². The van der Waals surface area contributed by atoms with Crippen LogP contribution >= 0.6 is 12.4 Å². The Kier molecular flexibility index (Phi) is 8.13. The summed E-state index contributed by atoms with van der Waals surface area (Å²) in [6, 6.07) is 6.60. The second-order valence-electron chi connectivity index (χ2n) is 5.55. The second-order valence-corrected chi connectivity index (χ2v) is 5.55. The number of nitrogens with zero attached hydrogens (tertiary/aromatic N) is 1. The summed E-state index contributed by atoms with van der Waals surface area (Å²) in [6.45, 7) is 6.50. The standard InChI is InChI=1S/C17H23FN2O.ClH/c1-2-11-20(13-15-5-3-4-6-16(15)18)17(21)8-7-14-9-10-19-12-14;/h2-6,14,19H,1,7-13H2;1H. The molecule has 0 radical (unpaired) electrons. The fourth-order valence-corrected chi connectivity index (χ4v) is 2.69. The third kappa shape index (κ3) is 5.43. The van der Waals surface area contributed by atoms with Gasteiger partial charge in [0.25, 0.3) is 0 Å². The molecule has 1 unspecified atom stereocenters. The van der Waals surface area contributed by atoms with Gasteiger partial charge in [0, 0.05) is 25.1 Å². The lowest BCUT2D eigenvalue weighted by molar-refractivity contribution is -0.131. The van der Waals surface area contributed by atoms with E-state index in [-0.39, 0.29) is 24.1 Å². The van der Waals surface area contributed by atoms with Crippen LogP contribution in [0, 0.1) is 11.7 Å². The van der Waals surface area contributed by atoms with Crippen LogP contribution in [0.2, 0.25) is 0 Å². The van der Waals surface area contributed by atoms with Crippen LogP contribution in [0.4, 0.5) is 4.39 Å². The van der Waals surface area contributed by atoms with Crippen molar-refractivity contribution >= 4 is 18.3 Å². The first kappa shape index (κ1) is 18.7. The first-order valence-corrected chi connectivity index (χ1v) is 7.53. The average molecular weight is 327 g/mol. The molecule has 1 saturated heterocycles. The van der Waals surface area contributed by atoms with E-state index in [1.807, 2.05) is 0 Å². The quantitative estimate of drug-likeness (QED) is 0.781. The van der Waals surface area contributed by atoms with Gasteiger partial charge >= 0.3 is 0 Å². The zero-order chi connectivity index (χ0) is 15.1. The molecular weight excluding hydrogens is 303 g/mol. The van der Waals surface area contributed by atoms with Crippen LogP contribution in [0.3, 0.4) is 0 Å². The van der Waals surface area contributed by atoms with E-state index in [1.54, 1.807) is 29.2 Å². The summed E-state index contributed by atoms with van der Waals surface area (Å²) in [5.41, 5.74) is 0.551. The van der Waals surface area contributed by atoms with Gasteiger partial charge in [0.1, 0.15) is 5.82 Å². The topological polar surface area (TPSA) is 32.3 Å². The average Bonchev–Trinajstić information content (AvgIpc) is 3.00. The Morgan fingerprint density at radius 3 is 2.86 bits per heavy atom. The van der Waals surface area contributed by atoms with E-state index in [2.05, 4.69) is 11.9 Å². The number of hydrogen-bond donors (Lipinski definition) is 1. The molecular formula is C17H24ClFN2O. The van der Waals surface area contributed by atoms with E-state index in [0.717, 1.165) is 25.9 Å². The summed E-state index contributed by atoms with van der Waals surface area (Å²) in [5, 5.41) is 3.31. The van der Waals surface area contributed by atoms with Crippen molar-refractivity contribution < 1.29 is 9.18 Å². The lowest BCUT2D eigenvalue weighted by Crippen LogP contribution is -2.31. The molecule has 1 N–H and O–H groups in total. The molecule has 1 aromatic rings. The molecule has 2 rings (SSSR count). The van der Waals surface area contributed by atoms with Crippen LogP contribution in [0.25, 0.3) is 0 Å². The summed E-state index contributed by atoms with van der Waals surface area (Å²) in [6.07, 6.45) is 4.25. The van der Waals surface area contributed by atoms with Crippen LogP contribution in [0.1, 0.15) is 24.8 Å². The second kappa shape index (κ2) is 9.59. The maximum atomic E-state index is 13.7. The number of rotatable bonds is 7. The van der Waals surface area contributed by atoms with E-state index in [4.69, 9.17) is 0 Å². The van der Waals surface area contributed by atoms with Gasteiger partial charge in [0.2, 0.25) is 5.91 Å². The number of carbonyl (C=O) groups is 1. The third-order valence-corrected chi connectivity index (χ3v) is 3.95. The van der Waals surface area contributed by atoms with Crippen LogP contribution in [0.15, 0.2) is 36.9 Å². The highest BCUT2D eigenvalue weighted by atomic mass is 35.5. The highest BCUT2D eigenvalue weighted by Gasteiger charge is 2.19. The maximum Gasteiger partial charge on any atom is 0.223 e. The highest BCUT2D eigenvalue weighted by Crippen LogP contribution is 2.17. The smallest absolute Gasteiger partial charge is 0.223 e. The number of carbonyl (C=O) groups excluding carboxylic acids is 1. The Balaban J connectivity index is 0.00000242. The molecule has 0 aromatic heterocycles. The molecule has 1 atom stereocenters. The molecule has 1 amide bonds. The lowest BCUT2D eigenvalue weighted by atomic mass is 10.0. The lowest BCUT2D eigenvalue weighted by Gasteiger charge is -2.22. The van der Waals surface area contributed by atoms with Crippen molar-refractivity contribution in [1.29, 1.82) is 0 Å². The predicted molar refractivity (Wildman–Crippen MR) is 89.5 cm³/mol. The largest absolute Gasteiger partial charge is 0.335 e. The first-order valence-electron chi connectivity index (χ1n) is 7.53. The molecule has 1 heterocycles. The van der Waals surface area contributed by atoms with Gasteiger partial charge in [0.15, 0.2) is 0 Å².